The third kappa shape index (κ3) is 3.36. The van der Waals surface area contributed by atoms with Crippen LogP contribution in [0.3, 0.4) is 0 Å². The van der Waals surface area contributed by atoms with Gasteiger partial charge in [0.25, 0.3) is 23.4 Å². The maximum atomic E-state index is 11.1. The van der Waals surface area contributed by atoms with Gasteiger partial charge < -0.3 is 51.1 Å². The number of rotatable bonds is 4. The minimum atomic E-state index is -3.80. The fraction of sp³-hybridized carbons (Fsp3) is 0.455. The fourth-order valence-corrected chi connectivity index (χ4v) is 4.00. The summed E-state index contributed by atoms with van der Waals surface area (Å²) in [6, 6.07) is 4.00. The Hall–Kier alpha value is -2.20. The largest absolute Gasteiger partial charge is 0.356 e. The summed E-state index contributed by atoms with van der Waals surface area (Å²) in [6.45, 7) is 6.18. The third-order valence-electron chi connectivity index (χ3n) is 6.19. The molecule has 1 aliphatic heterocycles. The van der Waals surface area contributed by atoms with Gasteiger partial charge in [0.15, 0.2) is 0 Å². The Morgan fingerprint density at radius 3 is 2.00 bits per heavy atom. The molecule has 0 fully saturated rings. The highest BCUT2D eigenvalue weighted by Crippen LogP contribution is 2.51. The molecule has 0 aliphatic carbocycles. The maximum Gasteiger partial charge on any atom is 0.312 e. The zero-order valence-corrected chi connectivity index (χ0v) is 19.3. The molecular formula is C22H30N2O10. The predicted molar refractivity (Wildman–Crippen MR) is 117 cm³/mol. The summed E-state index contributed by atoms with van der Waals surface area (Å²) in [6.07, 6.45) is 2.64. The highest BCUT2D eigenvalue weighted by Gasteiger charge is 2.68. The number of benzene rings is 1. The molecule has 3 rings (SSSR count). The molecule has 0 amide bonds. The van der Waals surface area contributed by atoms with E-state index in [-0.39, 0.29) is 20.4 Å². The highest BCUT2D eigenvalue weighted by molar-refractivity contribution is 5.88. The molecule has 0 radical (unpaired) electrons. The molecule has 10 N–H and O–H groups in total. The number of aryl methyl sites for hydroxylation is 1. The quantitative estimate of drug-likeness (QED) is 0.169. The molecule has 2 heterocycles. The van der Waals surface area contributed by atoms with Gasteiger partial charge in [0.1, 0.15) is 5.69 Å². The molecule has 34 heavy (non-hydrogen) atoms. The van der Waals surface area contributed by atoms with Gasteiger partial charge in [-0.05, 0) is 52.4 Å². The van der Waals surface area contributed by atoms with Crippen molar-refractivity contribution in [3.63, 3.8) is 0 Å². The Bertz CT molecular complexity index is 1200. The van der Waals surface area contributed by atoms with Gasteiger partial charge in [0.05, 0.1) is 11.1 Å². The molecule has 1 aliphatic rings. The summed E-state index contributed by atoms with van der Waals surface area (Å²) < 4.78 is 0.201. The van der Waals surface area contributed by atoms with Crippen LogP contribution in [0.4, 0.5) is 0 Å². The van der Waals surface area contributed by atoms with Crippen LogP contribution in [0.2, 0.25) is 0 Å². The van der Waals surface area contributed by atoms with Gasteiger partial charge >= 0.3 is 5.91 Å². The van der Waals surface area contributed by atoms with Gasteiger partial charge in [-0.1, -0.05) is 29.4 Å². The Morgan fingerprint density at radius 1 is 0.912 bits per heavy atom. The van der Waals surface area contributed by atoms with Crippen LogP contribution in [0.1, 0.15) is 37.6 Å². The van der Waals surface area contributed by atoms with Crippen LogP contribution >= 0.6 is 0 Å². The van der Waals surface area contributed by atoms with Gasteiger partial charge in [0.2, 0.25) is 0 Å². The van der Waals surface area contributed by atoms with Crippen molar-refractivity contribution in [3.05, 3.63) is 58.3 Å². The van der Waals surface area contributed by atoms with Crippen LogP contribution in [0, 0.1) is 6.92 Å². The van der Waals surface area contributed by atoms with Crippen LogP contribution < -0.4 is 0 Å². The highest BCUT2D eigenvalue weighted by atomic mass is 16.6. The van der Waals surface area contributed by atoms with Crippen molar-refractivity contribution in [2.75, 3.05) is 7.05 Å². The molecule has 2 aromatic rings. The van der Waals surface area contributed by atoms with Gasteiger partial charge in [-0.3, -0.25) is 4.57 Å². The molecule has 0 saturated heterocycles. The lowest BCUT2D eigenvalue weighted by atomic mass is 9.92. The lowest BCUT2D eigenvalue weighted by Gasteiger charge is -2.51. The van der Waals surface area contributed by atoms with Gasteiger partial charge in [0, 0.05) is 5.39 Å². The number of fused-ring (bicyclic) bond motifs is 3. The van der Waals surface area contributed by atoms with Crippen molar-refractivity contribution in [3.8, 4) is 0 Å². The van der Waals surface area contributed by atoms with Crippen molar-refractivity contribution >= 4 is 10.9 Å². The lowest BCUT2D eigenvalue weighted by Crippen LogP contribution is -2.72. The first-order valence-corrected chi connectivity index (χ1v) is 10.2. The van der Waals surface area contributed by atoms with E-state index in [2.05, 4.69) is 0 Å². The standard InChI is InChI=1S/C22H30N2O10/c1-11(2)6-8-13(4)18(25,26)22(33,34)24-15-9-7-12(3)10-14(15)16-17(24)19(27,28)21(31,32)23(5)20(16,29)30/h6-10,25-34H,1-5H3. The number of nitrogens with zero attached hydrogens (tertiary/aromatic N) is 2. The Kier molecular flexibility index (Phi) is 5.94. The number of likely N-dealkylation sites (N-methyl/N-ethyl adjacent to an activating group) is 1. The van der Waals surface area contributed by atoms with Crippen molar-refractivity contribution in [1.29, 1.82) is 0 Å². The summed E-state index contributed by atoms with van der Waals surface area (Å²) in [5.74, 6) is -18.2. The Balaban J connectivity index is 2.53. The van der Waals surface area contributed by atoms with E-state index in [0.717, 1.165) is 19.5 Å². The Morgan fingerprint density at radius 2 is 1.47 bits per heavy atom. The van der Waals surface area contributed by atoms with E-state index in [0.29, 0.717) is 5.56 Å². The average molecular weight is 482 g/mol. The van der Waals surface area contributed by atoms with E-state index in [1.54, 1.807) is 20.8 Å². The van der Waals surface area contributed by atoms with Crippen molar-refractivity contribution in [2.24, 2.45) is 0 Å². The van der Waals surface area contributed by atoms with Crippen molar-refractivity contribution < 1.29 is 51.1 Å². The molecule has 1 aromatic heterocycles. The number of allylic oxidation sites excluding steroid dienone is 3. The van der Waals surface area contributed by atoms with Gasteiger partial charge in [-0.2, -0.15) is 4.90 Å². The second-order valence-electron chi connectivity index (χ2n) is 8.98. The fourth-order valence-electron chi connectivity index (χ4n) is 4.00. The monoisotopic (exact) mass is 482 g/mol. The SMILES string of the molecule is CC(C)=CC=C(C)C(O)(O)C(O)(O)n1c2c(c3cc(C)ccc31)C(O)(O)N(C)C(O)(O)C2(O)O. The summed E-state index contributed by atoms with van der Waals surface area (Å²) in [5, 5.41) is 108. The van der Waals surface area contributed by atoms with Crippen LogP contribution in [0.15, 0.2) is 41.5 Å². The smallest absolute Gasteiger partial charge is 0.312 e. The van der Waals surface area contributed by atoms with Crippen LogP contribution in [-0.2, 0) is 17.6 Å². The molecule has 12 nitrogen and oxygen atoms in total. The van der Waals surface area contributed by atoms with E-state index in [4.69, 9.17) is 0 Å². The topological polar surface area (TPSA) is 210 Å². The zero-order chi connectivity index (χ0) is 26.2. The molecule has 1 aromatic carbocycles. The average Bonchev–Trinajstić information content (AvgIpc) is 3.06. The maximum absolute atomic E-state index is 11.1. The van der Waals surface area contributed by atoms with E-state index in [1.165, 1.54) is 30.4 Å². The second-order valence-corrected chi connectivity index (χ2v) is 8.98. The molecule has 12 heteroatoms. The van der Waals surface area contributed by atoms with Gasteiger partial charge in [-0.25, -0.2) is 0 Å². The normalized spacial score (nSPS) is 20.4. The molecule has 188 valence electrons. The molecule has 0 bridgehead atoms. The second kappa shape index (κ2) is 7.65. The summed E-state index contributed by atoms with van der Waals surface area (Å²) in [7, 11) is 0.767. The van der Waals surface area contributed by atoms with Crippen molar-refractivity contribution in [1.82, 2.24) is 9.47 Å². The van der Waals surface area contributed by atoms with E-state index in [9.17, 15) is 51.1 Å². The van der Waals surface area contributed by atoms with E-state index >= 15 is 0 Å². The number of aliphatic hydroxyl groups is 10. The van der Waals surface area contributed by atoms with Gasteiger partial charge in [-0.15, -0.1) is 0 Å². The third-order valence-corrected chi connectivity index (χ3v) is 6.19. The first-order chi connectivity index (χ1) is 15.2. The summed E-state index contributed by atoms with van der Waals surface area (Å²) >= 11 is 0. The molecule has 0 unspecified atom stereocenters. The van der Waals surface area contributed by atoms with Crippen molar-refractivity contribution in [2.45, 2.75) is 57.0 Å². The number of hydrogen-bond donors (Lipinski definition) is 10. The number of aromatic nitrogens is 1. The zero-order valence-electron chi connectivity index (χ0n) is 19.3. The molecule has 0 spiro atoms. The van der Waals surface area contributed by atoms with Crippen LogP contribution in [0.5, 0.6) is 0 Å². The Labute approximate surface area is 194 Å². The predicted octanol–water partition coefficient (Wildman–Crippen LogP) is -2.05. The molecule has 0 saturated carbocycles. The first kappa shape index (κ1) is 26.4. The molecular weight excluding hydrogens is 452 g/mol. The van der Waals surface area contributed by atoms with E-state index in [1.807, 2.05) is 0 Å². The minimum absolute atomic E-state index is 0.0377. The van der Waals surface area contributed by atoms with E-state index < -0.39 is 46.1 Å². The van der Waals surface area contributed by atoms with Crippen LogP contribution in [0.25, 0.3) is 10.9 Å². The number of hydrogen-bond acceptors (Lipinski definition) is 11. The summed E-state index contributed by atoms with van der Waals surface area (Å²) in [4.78, 5) is 0.0377. The lowest BCUT2D eigenvalue weighted by molar-refractivity contribution is -0.486. The first-order valence-electron chi connectivity index (χ1n) is 10.2. The summed E-state index contributed by atoms with van der Waals surface area (Å²) in [5.41, 5.74) is -1.43. The minimum Gasteiger partial charge on any atom is -0.356 e. The van der Waals surface area contributed by atoms with Crippen LogP contribution in [-0.4, -0.2) is 79.3 Å². The molecule has 0 atom stereocenters.